The number of amides is 3. The van der Waals surface area contributed by atoms with E-state index in [0.717, 1.165) is 0 Å². The number of nitrogens with zero attached hydrogens (tertiary/aromatic N) is 2. The van der Waals surface area contributed by atoms with Crippen molar-refractivity contribution in [3.05, 3.63) is 36.4 Å². The molecule has 4 rings (SSSR count). The van der Waals surface area contributed by atoms with Gasteiger partial charge in [0.1, 0.15) is 0 Å². The number of carbonyl (C=O) groups excluding carboxylic acids is 3. The van der Waals surface area contributed by atoms with E-state index in [1.807, 2.05) is 12.2 Å². The zero-order valence-electron chi connectivity index (χ0n) is 17.0. The summed E-state index contributed by atoms with van der Waals surface area (Å²) in [4.78, 5) is 38.6. The molecule has 0 saturated carbocycles. The zero-order chi connectivity index (χ0) is 22.0. The molecule has 1 aromatic rings. The summed E-state index contributed by atoms with van der Waals surface area (Å²) < 4.78 is 31.9. The van der Waals surface area contributed by atoms with Gasteiger partial charge in [-0.15, -0.1) is 0 Å². The minimum atomic E-state index is -3.60. The van der Waals surface area contributed by atoms with Crippen LogP contribution in [0.2, 0.25) is 0 Å². The fraction of sp³-hybridized carbons (Fsp3) is 0.476. The minimum absolute atomic E-state index is 0.0157. The molecule has 10 heteroatoms. The van der Waals surface area contributed by atoms with Gasteiger partial charge in [0.05, 0.1) is 29.9 Å². The molecule has 0 aromatic heterocycles. The van der Waals surface area contributed by atoms with Crippen LogP contribution in [0.15, 0.2) is 41.3 Å². The summed E-state index contributed by atoms with van der Waals surface area (Å²) in [6, 6.07) is 5.95. The molecular formula is C21H25N3O6S. The second-order valence-corrected chi connectivity index (χ2v) is 9.76. The summed E-state index contributed by atoms with van der Waals surface area (Å²) in [7, 11) is -3.60. The van der Waals surface area contributed by atoms with Gasteiger partial charge in [-0.3, -0.25) is 19.3 Å². The zero-order valence-corrected chi connectivity index (χ0v) is 17.8. The van der Waals surface area contributed by atoms with E-state index in [4.69, 9.17) is 4.74 Å². The Labute approximate surface area is 181 Å². The Balaban J connectivity index is 1.32. The molecule has 3 amide bonds. The molecule has 166 valence electrons. The third kappa shape index (κ3) is 4.41. The van der Waals surface area contributed by atoms with E-state index in [1.165, 1.54) is 33.5 Å². The van der Waals surface area contributed by atoms with Crippen LogP contribution in [0.3, 0.4) is 0 Å². The Morgan fingerprint density at radius 2 is 1.58 bits per heavy atom. The molecule has 2 saturated heterocycles. The number of sulfonamides is 1. The molecule has 2 fully saturated rings. The predicted molar refractivity (Wildman–Crippen MR) is 111 cm³/mol. The first-order valence-electron chi connectivity index (χ1n) is 10.4. The van der Waals surface area contributed by atoms with E-state index in [1.54, 1.807) is 0 Å². The summed E-state index contributed by atoms with van der Waals surface area (Å²) in [6.07, 6.45) is 4.96. The van der Waals surface area contributed by atoms with Crippen LogP contribution < -0.4 is 5.32 Å². The Morgan fingerprint density at radius 3 is 2.16 bits per heavy atom. The summed E-state index contributed by atoms with van der Waals surface area (Å²) >= 11 is 0. The number of carbonyl (C=O) groups is 3. The van der Waals surface area contributed by atoms with Crippen LogP contribution in [0.1, 0.15) is 19.3 Å². The van der Waals surface area contributed by atoms with Gasteiger partial charge in [0, 0.05) is 31.7 Å². The standard InChI is InChI=1S/C21H25N3O6S/c25-19(9-10-24-20(26)17-3-1-2-4-18(17)21(24)27)22-15-5-7-16(8-6-15)31(28,29)23-11-13-30-14-12-23/h1-2,5-8,17-18H,3-4,9-14H2,(H,22,25)/t17-,18+. The van der Waals surface area contributed by atoms with Crippen LogP contribution in [0.4, 0.5) is 5.69 Å². The highest BCUT2D eigenvalue weighted by Crippen LogP contribution is 2.35. The summed E-state index contributed by atoms with van der Waals surface area (Å²) in [6.45, 7) is 1.40. The fourth-order valence-electron chi connectivity index (χ4n) is 4.17. The van der Waals surface area contributed by atoms with Crippen molar-refractivity contribution in [2.24, 2.45) is 11.8 Å². The van der Waals surface area contributed by atoms with Crippen molar-refractivity contribution < 1.29 is 27.5 Å². The van der Waals surface area contributed by atoms with Gasteiger partial charge in [0.15, 0.2) is 0 Å². The summed E-state index contributed by atoms with van der Waals surface area (Å²) in [5.41, 5.74) is 0.447. The number of imide groups is 1. The van der Waals surface area contributed by atoms with Gasteiger partial charge in [0.2, 0.25) is 27.7 Å². The van der Waals surface area contributed by atoms with E-state index in [2.05, 4.69) is 5.32 Å². The number of fused-ring (bicyclic) bond motifs is 1. The van der Waals surface area contributed by atoms with Gasteiger partial charge < -0.3 is 10.1 Å². The van der Waals surface area contributed by atoms with Gasteiger partial charge in [0.25, 0.3) is 0 Å². The summed E-state index contributed by atoms with van der Waals surface area (Å²) in [5, 5.41) is 2.69. The fourth-order valence-corrected chi connectivity index (χ4v) is 5.58. The smallest absolute Gasteiger partial charge is 0.243 e. The number of morpholine rings is 1. The molecule has 2 atom stereocenters. The van der Waals surface area contributed by atoms with E-state index < -0.39 is 10.0 Å². The number of rotatable bonds is 6. The van der Waals surface area contributed by atoms with E-state index in [0.29, 0.717) is 44.8 Å². The maximum Gasteiger partial charge on any atom is 0.243 e. The molecule has 2 aliphatic heterocycles. The highest BCUT2D eigenvalue weighted by molar-refractivity contribution is 7.89. The average molecular weight is 448 g/mol. The van der Waals surface area contributed by atoms with Crippen LogP contribution in [0.25, 0.3) is 0 Å². The molecule has 0 radical (unpaired) electrons. The normalized spacial score (nSPS) is 24.3. The molecule has 3 aliphatic rings. The maximum atomic E-state index is 12.6. The predicted octanol–water partition coefficient (Wildman–Crippen LogP) is 0.987. The Bertz CT molecular complexity index is 972. The van der Waals surface area contributed by atoms with E-state index in [-0.39, 0.29) is 47.4 Å². The van der Waals surface area contributed by atoms with Crippen LogP contribution in [-0.4, -0.2) is 68.2 Å². The lowest BCUT2D eigenvalue weighted by Gasteiger charge is -2.26. The van der Waals surface area contributed by atoms with Gasteiger partial charge in [-0.25, -0.2) is 8.42 Å². The number of benzene rings is 1. The molecule has 0 unspecified atom stereocenters. The van der Waals surface area contributed by atoms with Crippen molar-refractivity contribution in [2.75, 3.05) is 38.2 Å². The SMILES string of the molecule is O=C(CCN1C(=O)[C@H]2CC=CC[C@H]2C1=O)Nc1ccc(S(=O)(=O)N2CCOCC2)cc1. The Morgan fingerprint density at radius 1 is 1.00 bits per heavy atom. The van der Waals surface area contributed by atoms with Crippen molar-refractivity contribution in [1.29, 1.82) is 0 Å². The molecule has 31 heavy (non-hydrogen) atoms. The number of hydrogen-bond donors (Lipinski definition) is 1. The minimum Gasteiger partial charge on any atom is -0.379 e. The second kappa shape index (κ2) is 8.89. The van der Waals surface area contributed by atoms with Crippen molar-refractivity contribution >= 4 is 33.4 Å². The lowest BCUT2D eigenvalue weighted by atomic mass is 9.85. The molecule has 1 N–H and O–H groups in total. The van der Waals surface area contributed by atoms with Crippen LogP contribution in [-0.2, 0) is 29.1 Å². The lowest BCUT2D eigenvalue weighted by Crippen LogP contribution is -2.40. The van der Waals surface area contributed by atoms with Gasteiger partial charge in [-0.2, -0.15) is 4.31 Å². The number of allylic oxidation sites excluding steroid dienone is 2. The second-order valence-electron chi connectivity index (χ2n) is 7.82. The first-order valence-corrected chi connectivity index (χ1v) is 11.8. The Hall–Kier alpha value is -2.56. The first kappa shape index (κ1) is 21.7. The number of nitrogens with one attached hydrogen (secondary N) is 1. The number of hydrogen-bond acceptors (Lipinski definition) is 6. The molecule has 1 aliphatic carbocycles. The molecule has 1 aromatic carbocycles. The van der Waals surface area contributed by atoms with Crippen LogP contribution >= 0.6 is 0 Å². The van der Waals surface area contributed by atoms with E-state index >= 15 is 0 Å². The topological polar surface area (TPSA) is 113 Å². The molecule has 2 heterocycles. The van der Waals surface area contributed by atoms with Gasteiger partial charge >= 0.3 is 0 Å². The van der Waals surface area contributed by atoms with E-state index in [9.17, 15) is 22.8 Å². The molecule has 0 bridgehead atoms. The first-order chi connectivity index (χ1) is 14.9. The molecular weight excluding hydrogens is 422 g/mol. The van der Waals surface area contributed by atoms with Crippen molar-refractivity contribution in [2.45, 2.75) is 24.2 Å². The van der Waals surface area contributed by atoms with Crippen molar-refractivity contribution in [3.8, 4) is 0 Å². The Kier molecular flexibility index (Phi) is 6.22. The number of ether oxygens (including phenoxy) is 1. The highest BCUT2D eigenvalue weighted by atomic mass is 32.2. The molecule has 0 spiro atoms. The average Bonchev–Trinajstić information content (AvgIpc) is 3.03. The monoisotopic (exact) mass is 447 g/mol. The third-order valence-electron chi connectivity index (χ3n) is 5.91. The maximum absolute atomic E-state index is 12.6. The third-order valence-corrected chi connectivity index (χ3v) is 7.82. The van der Waals surface area contributed by atoms with Gasteiger partial charge in [-0.1, -0.05) is 12.2 Å². The lowest BCUT2D eigenvalue weighted by molar-refractivity contribution is -0.140. The molecule has 9 nitrogen and oxygen atoms in total. The van der Waals surface area contributed by atoms with Crippen LogP contribution in [0, 0.1) is 11.8 Å². The quantitative estimate of drug-likeness (QED) is 0.514. The number of likely N-dealkylation sites (tertiary alicyclic amines) is 1. The number of anilines is 1. The van der Waals surface area contributed by atoms with Crippen molar-refractivity contribution in [1.82, 2.24) is 9.21 Å². The highest BCUT2D eigenvalue weighted by Gasteiger charge is 2.46. The van der Waals surface area contributed by atoms with Crippen molar-refractivity contribution in [3.63, 3.8) is 0 Å². The van der Waals surface area contributed by atoms with Crippen LogP contribution in [0.5, 0.6) is 0 Å². The summed E-state index contributed by atoms with van der Waals surface area (Å²) in [5.74, 6) is -1.37. The van der Waals surface area contributed by atoms with Gasteiger partial charge in [-0.05, 0) is 37.1 Å². The largest absolute Gasteiger partial charge is 0.379 e.